The SMILES string of the molecule is CCCc1cc(Cl)ccc1C1COc2ccc(C(=O)NS(=O)C(C)C(C)CCC)cc2N(CC2CCC2CC2OCC(N3CC(O)C3)CO2)C1. The Labute approximate surface area is 305 Å². The normalized spacial score (nSPS) is 27.6. The van der Waals surface area contributed by atoms with Crippen molar-refractivity contribution in [2.24, 2.45) is 17.8 Å². The molecule has 6 unspecified atom stereocenters. The van der Waals surface area contributed by atoms with E-state index in [2.05, 4.69) is 47.4 Å². The third-order valence-corrected chi connectivity index (χ3v) is 13.2. The number of carbonyl (C=O) groups is 1. The Kier molecular flexibility index (Phi) is 12.8. The lowest BCUT2D eigenvalue weighted by Gasteiger charge is -2.46. The van der Waals surface area contributed by atoms with E-state index in [1.165, 1.54) is 11.1 Å². The van der Waals surface area contributed by atoms with Crippen molar-refractivity contribution in [3.8, 4) is 5.75 Å². The maximum atomic E-state index is 13.5. The van der Waals surface area contributed by atoms with Crippen molar-refractivity contribution in [1.29, 1.82) is 0 Å². The van der Waals surface area contributed by atoms with Gasteiger partial charge in [-0.15, -0.1) is 0 Å². The first-order chi connectivity index (χ1) is 24.1. The Balaban J connectivity index is 1.19. The summed E-state index contributed by atoms with van der Waals surface area (Å²) >= 11 is 6.46. The molecule has 0 radical (unpaired) electrons. The Morgan fingerprint density at radius 3 is 2.46 bits per heavy atom. The van der Waals surface area contributed by atoms with Crippen molar-refractivity contribution in [2.75, 3.05) is 50.9 Å². The Hall–Kier alpha value is -2.21. The highest BCUT2D eigenvalue weighted by Gasteiger charge is 2.39. The number of β-amino-alcohol motifs (C(OH)–C–C–N with tert-alkyl or cyclic N) is 1. The summed E-state index contributed by atoms with van der Waals surface area (Å²) < 4.78 is 34.8. The van der Waals surface area contributed by atoms with Gasteiger partial charge in [0, 0.05) is 49.1 Å². The minimum atomic E-state index is -1.49. The number of nitrogens with one attached hydrogen (secondary N) is 1. The summed E-state index contributed by atoms with van der Waals surface area (Å²) in [4.78, 5) is 18.1. The van der Waals surface area contributed by atoms with Gasteiger partial charge in [-0.3, -0.25) is 14.4 Å². The summed E-state index contributed by atoms with van der Waals surface area (Å²) in [5, 5.41) is 10.3. The third kappa shape index (κ3) is 8.87. The largest absolute Gasteiger partial charge is 0.491 e. The van der Waals surface area contributed by atoms with Crippen LogP contribution in [0.4, 0.5) is 5.69 Å². The molecule has 1 saturated carbocycles. The summed E-state index contributed by atoms with van der Waals surface area (Å²) in [6.07, 6.45) is 6.64. The van der Waals surface area contributed by atoms with E-state index in [1.807, 2.05) is 25.1 Å². The lowest BCUT2D eigenvalue weighted by molar-refractivity contribution is -0.226. The van der Waals surface area contributed by atoms with Gasteiger partial charge in [-0.2, -0.15) is 0 Å². The molecular formula is C39H56ClN3O6S. The molecule has 6 rings (SSSR count). The zero-order chi connectivity index (χ0) is 35.4. The average molecular weight is 730 g/mol. The number of aliphatic hydroxyl groups excluding tert-OH is 1. The molecule has 0 spiro atoms. The molecule has 4 aliphatic rings. The summed E-state index contributed by atoms with van der Waals surface area (Å²) in [5.74, 6) is 1.72. The summed E-state index contributed by atoms with van der Waals surface area (Å²) in [6.45, 7) is 13.1. The molecule has 1 aliphatic carbocycles. The summed E-state index contributed by atoms with van der Waals surface area (Å²) in [5.41, 5.74) is 3.90. The molecule has 0 aromatic heterocycles. The molecule has 3 heterocycles. The number of anilines is 1. The van der Waals surface area contributed by atoms with Crippen LogP contribution in [0.15, 0.2) is 36.4 Å². The predicted octanol–water partition coefficient (Wildman–Crippen LogP) is 6.33. The topological polar surface area (TPSA) is 101 Å². The molecule has 6 atom stereocenters. The van der Waals surface area contributed by atoms with E-state index >= 15 is 0 Å². The number of ether oxygens (including phenoxy) is 3. The number of hydrogen-bond donors (Lipinski definition) is 2. The van der Waals surface area contributed by atoms with Gasteiger partial charge in [-0.25, -0.2) is 4.21 Å². The zero-order valence-electron chi connectivity index (χ0n) is 30.2. The van der Waals surface area contributed by atoms with E-state index in [1.54, 1.807) is 6.07 Å². The lowest BCUT2D eigenvalue weighted by Crippen LogP contribution is -2.59. The molecule has 11 heteroatoms. The van der Waals surface area contributed by atoms with Crippen LogP contribution < -0.4 is 14.4 Å². The third-order valence-electron chi connectivity index (χ3n) is 11.5. The molecule has 9 nitrogen and oxygen atoms in total. The molecule has 2 N–H and O–H groups in total. The summed E-state index contributed by atoms with van der Waals surface area (Å²) in [7, 11) is -1.49. The van der Waals surface area contributed by atoms with Crippen molar-refractivity contribution >= 4 is 34.2 Å². The highest BCUT2D eigenvalue weighted by Crippen LogP contribution is 2.43. The standard InChI is InChI=1S/C39H56ClN3O6S/c1-5-7-25(3)26(4)50(46)41-39(45)29-11-14-37-36(16-29)43(19-31(22-47-37)35-13-12-32(40)15-28(35)8-6-2)18-30-10-9-27(30)17-38-48-23-33(24-49-38)42-20-34(44)21-42/h11-16,25-27,30-31,33-34,38,44H,5-10,17-24H2,1-4H3,(H,41,45). The van der Waals surface area contributed by atoms with Crippen LogP contribution in [0, 0.1) is 17.8 Å². The van der Waals surface area contributed by atoms with Crippen LogP contribution in [0.5, 0.6) is 5.75 Å². The zero-order valence-corrected chi connectivity index (χ0v) is 31.7. The van der Waals surface area contributed by atoms with Crippen LogP contribution in [0.1, 0.15) is 93.6 Å². The first kappa shape index (κ1) is 37.5. The molecule has 50 heavy (non-hydrogen) atoms. The first-order valence-electron chi connectivity index (χ1n) is 18.8. The van der Waals surface area contributed by atoms with Gasteiger partial charge in [-0.1, -0.05) is 51.3 Å². The van der Waals surface area contributed by atoms with Crippen LogP contribution >= 0.6 is 11.6 Å². The highest BCUT2D eigenvalue weighted by atomic mass is 35.5. The fourth-order valence-electron chi connectivity index (χ4n) is 7.98. The lowest BCUT2D eigenvalue weighted by atomic mass is 9.71. The van der Waals surface area contributed by atoms with Gasteiger partial charge in [0.15, 0.2) is 6.29 Å². The molecule has 3 aliphatic heterocycles. The van der Waals surface area contributed by atoms with Crippen LogP contribution in [0.3, 0.4) is 0 Å². The fraction of sp³-hybridized carbons (Fsp3) is 0.667. The van der Waals surface area contributed by atoms with Crippen LogP contribution in [0.2, 0.25) is 5.02 Å². The number of amides is 1. The van der Waals surface area contributed by atoms with E-state index < -0.39 is 11.0 Å². The van der Waals surface area contributed by atoms with E-state index in [4.69, 9.17) is 25.8 Å². The van der Waals surface area contributed by atoms with E-state index in [0.29, 0.717) is 50.3 Å². The summed E-state index contributed by atoms with van der Waals surface area (Å²) in [6, 6.07) is 12.0. The van der Waals surface area contributed by atoms with Gasteiger partial charge in [0.1, 0.15) is 16.7 Å². The Morgan fingerprint density at radius 1 is 1.02 bits per heavy atom. The number of hydrogen-bond acceptors (Lipinski definition) is 8. The maximum absolute atomic E-state index is 13.5. The minimum absolute atomic E-state index is 0.118. The molecule has 2 aromatic rings. The molecule has 2 aromatic carbocycles. The van der Waals surface area contributed by atoms with Crippen LogP contribution in [-0.4, -0.2) is 89.8 Å². The van der Waals surface area contributed by atoms with E-state index in [0.717, 1.165) is 74.5 Å². The van der Waals surface area contributed by atoms with E-state index in [9.17, 15) is 14.1 Å². The average Bonchev–Trinajstić information content (AvgIpc) is 3.27. The van der Waals surface area contributed by atoms with Crippen LogP contribution in [-0.2, 0) is 26.9 Å². The van der Waals surface area contributed by atoms with Gasteiger partial charge in [0.25, 0.3) is 5.91 Å². The Morgan fingerprint density at radius 2 is 1.78 bits per heavy atom. The fourth-order valence-corrected chi connectivity index (χ4v) is 9.22. The molecule has 2 saturated heterocycles. The number of nitrogens with zero attached hydrogens (tertiary/aromatic N) is 2. The Bertz CT molecular complexity index is 1480. The number of rotatable bonds is 14. The van der Waals surface area contributed by atoms with Crippen LogP contribution in [0.25, 0.3) is 0 Å². The number of benzene rings is 2. The monoisotopic (exact) mass is 729 g/mol. The number of halogens is 1. The first-order valence-corrected chi connectivity index (χ1v) is 20.4. The van der Waals surface area contributed by atoms with Gasteiger partial charge in [0.05, 0.1) is 42.9 Å². The second kappa shape index (κ2) is 17.1. The van der Waals surface area contributed by atoms with Gasteiger partial charge >= 0.3 is 0 Å². The van der Waals surface area contributed by atoms with Gasteiger partial charge < -0.3 is 24.2 Å². The van der Waals surface area contributed by atoms with Crippen molar-refractivity contribution in [3.05, 3.63) is 58.1 Å². The molecular weight excluding hydrogens is 674 g/mol. The maximum Gasteiger partial charge on any atom is 0.263 e. The smallest absolute Gasteiger partial charge is 0.263 e. The number of fused-ring (bicyclic) bond motifs is 1. The molecule has 0 bridgehead atoms. The number of aryl methyl sites for hydroxylation is 1. The molecule has 1 amide bonds. The second-order valence-corrected chi connectivity index (χ2v) is 17.1. The number of aliphatic hydroxyl groups is 1. The van der Waals surface area contributed by atoms with Crippen molar-refractivity contribution in [1.82, 2.24) is 9.62 Å². The van der Waals surface area contributed by atoms with Gasteiger partial charge in [-0.05, 0) is 91.8 Å². The van der Waals surface area contributed by atoms with E-state index in [-0.39, 0.29) is 41.4 Å². The molecule has 3 fully saturated rings. The van der Waals surface area contributed by atoms with Gasteiger partial charge in [0.2, 0.25) is 0 Å². The molecule has 276 valence electrons. The highest BCUT2D eigenvalue weighted by molar-refractivity contribution is 7.84. The minimum Gasteiger partial charge on any atom is -0.491 e. The van der Waals surface area contributed by atoms with Crippen molar-refractivity contribution < 1.29 is 28.3 Å². The second-order valence-electron chi connectivity index (χ2n) is 15.1. The van der Waals surface area contributed by atoms with Crippen molar-refractivity contribution in [2.45, 2.75) is 102 Å². The predicted molar refractivity (Wildman–Crippen MR) is 199 cm³/mol. The van der Waals surface area contributed by atoms with Crippen molar-refractivity contribution in [3.63, 3.8) is 0 Å². The number of carbonyl (C=O) groups excluding carboxylic acids is 1. The quantitative estimate of drug-likeness (QED) is 0.233. The number of likely N-dealkylation sites (tertiary alicyclic amines) is 1.